The quantitative estimate of drug-likeness (QED) is 0.857. The Kier molecular flexibility index (Phi) is 4.37. The van der Waals surface area contributed by atoms with Crippen molar-refractivity contribution in [2.24, 2.45) is 0 Å². The zero-order chi connectivity index (χ0) is 15.5. The predicted octanol–water partition coefficient (Wildman–Crippen LogP) is 1.37. The van der Waals surface area contributed by atoms with Crippen LogP contribution >= 0.6 is 0 Å². The van der Waals surface area contributed by atoms with E-state index in [1.807, 2.05) is 0 Å². The SMILES string of the molecule is Cc1noc(CS(=O)(=O)c2ccc(CCC(=O)O)cc2)n1. The van der Waals surface area contributed by atoms with Gasteiger partial charge in [-0.1, -0.05) is 17.3 Å². The second kappa shape index (κ2) is 6.04. The molecule has 0 aliphatic rings. The van der Waals surface area contributed by atoms with Gasteiger partial charge in [-0.3, -0.25) is 4.79 Å². The van der Waals surface area contributed by atoms with Crippen molar-refractivity contribution < 1.29 is 22.8 Å². The largest absolute Gasteiger partial charge is 0.481 e. The molecule has 1 heterocycles. The fraction of sp³-hybridized carbons (Fsp3) is 0.308. The molecule has 0 spiro atoms. The van der Waals surface area contributed by atoms with Gasteiger partial charge in [0.2, 0.25) is 5.89 Å². The summed E-state index contributed by atoms with van der Waals surface area (Å²) in [6.07, 6.45) is 0.367. The summed E-state index contributed by atoms with van der Waals surface area (Å²) < 4.78 is 29.1. The third-order valence-corrected chi connectivity index (χ3v) is 4.41. The molecule has 0 radical (unpaired) electrons. The van der Waals surface area contributed by atoms with E-state index in [1.54, 1.807) is 19.1 Å². The minimum atomic E-state index is -3.56. The molecular weight excluding hydrogens is 296 g/mol. The zero-order valence-corrected chi connectivity index (χ0v) is 12.1. The number of hydrogen-bond acceptors (Lipinski definition) is 6. The molecule has 0 saturated carbocycles. The first-order valence-electron chi connectivity index (χ1n) is 6.19. The summed E-state index contributed by atoms with van der Waals surface area (Å²) in [7, 11) is -3.56. The third kappa shape index (κ3) is 4.12. The van der Waals surface area contributed by atoms with Crippen molar-refractivity contribution in [2.45, 2.75) is 30.4 Å². The van der Waals surface area contributed by atoms with Crippen LogP contribution in [-0.4, -0.2) is 29.6 Å². The fourth-order valence-corrected chi connectivity index (χ4v) is 2.92. The summed E-state index contributed by atoms with van der Waals surface area (Å²) in [6.45, 7) is 1.61. The highest BCUT2D eigenvalue weighted by Crippen LogP contribution is 2.17. The number of carbonyl (C=O) groups is 1. The Hall–Kier alpha value is -2.22. The molecule has 8 heteroatoms. The van der Waals surface area contributed by atoms with Crippen LogP contribution in [0, 0.1) is 6.92 Å². The van der Waals surface area contributed by atoms with E-state index in [9.17, 15) is 13.2 Å². The van der Waals surface area contributed by atoms with E-state index >= 15 is 0 Å². The smallest absolute Gasteiger partial charge is 0.303 e. The molecule has 0 bridgehead atoms. The Labute approximate surface area is 121 Å². The minimum absolute atomic E-state index is 0.00730. The van der Waals surface area contributed by atoms with Gasteiger partial charge in [-0.15, -0.1) is 0 Å². The van der Waals surface area contributed by atoms with Crippen LogP contribution in [0.3, 0.4) is 0 Å². The summed E-state index contributed by atoms with van der Waals surface area (Å²) in [4.78, 5) is 14.5. The van der Waals surface area contributed by atoms with Crippen molar-refractivity contribution in [2.75, 3.05) is 0 Å². The van der Waals surface area contributed by atoms with Crippen molar-refractivity contribution in [3.63, 3.8) is 0 Å². The van der Waals surface area contributed by atoms with Crippen LogP contribution in [0.4, 0.5) is 0 Å². The molecule has 0 amide bonds. The molecule has 2 rings (SSSR count). The van der Waals surface area contributed by atoms with Crippen molar-refractivity contribution in [1.29, 1.82) is 0 Å². The minimum Gasteiger partial charge on any atom is -0.481 e. The van der Waals surface area contributed by atoms with Crippen LogP contribution in [0.2, 0.25) is 0 Å². The Balaban J connectivity index is 2.11. The number of aromatic nitrogens is 2. The number of aliphatic carboxylic acids is 1. The van der Waals surface area contributed by atoms with Crippen molar-refractivity contribution >= 4 is 15.8 Å². The van der Waals surface area contributed by atoms with Gasteiger partial charge in [-0.05, 0) is 31.0 Å². The summed E-state index contributed by atoms with van der Waals surface area (Å²) in [5.41, 5.74) is 0.769. The standard InChI is InChI=1S/C13H14N2O5S/c1-9-14-12(20-15-9)8-21(18,19)11-5-2-10(3-6-11)4-7-13(16)17/h2-3,5-6H,4,7-8H2,1H3,(H,16,17). The monoisotopic (exact) mass is 310 g/mol. The van der Waals surface area contributed by atoms with Crippen molar-refractivity contribution in [3.05, 3.63) is 41.5 Å². The maximum absolute atomic E-state index is 12.2. The average molecular weight is 310 g/mol. The number of carboxylic acids is 1. The van der Waals surface area contributed by atoms with Gasteiger partial charge >= 0.3 is 5.97 Å². The number of nitrogens with zero attached hydrogens (tertiary/aromatic N) is 2. The van der Waals surface area contributed by atoms with Crippen LogP contribution in [0.1, 0.15) is 23.7 Å². The highest BCUT2D eigenvalue weighted by Gasteiger charge is 2.19. The summed E-state index contributed by atoms with van der Waals surface area (Å²) in [5.74, 6) is -0.826. The highest BCUT2D eigenvalue weighted by molar-refractivity contribution is 7.90. The number of rotatable bonds is 6. The van der Waals surface area contributed by atoms with E-state index in [4.69, 9.17) is 9.63 Å². The number of sulfone groups is 1. The summed E-state index contributed by atoms with van der Waals surface area (Å²) >= 11 is 0. The van der Waals surface area contributed by atoms with Crippen molar-refractivity contribution in [3.8, 4) is 0 Å². The van der Waals surface area contributed by atoms with Gasteiger partial charge in [0, 0.05) is 6.42 Å². The Morgan fingerprint density at radius 3 is 2.48 bits per heavy atom. The molecule has 0 saturated heterocycles. The maximum atomic E-state index is 12.2. The number of carboxylic acid groups (broad SMARTS) is 1. The van der Waals surface area contributed by atoms with Crippen molar-refractivity contribution in [1.82, 2.24) is 10.1 Å². The Morgan fingerprint density at radius 2 is 1.95 bits per heavy atom. The molecule has 2 aromatic rings. The third-order valence-electron chi connectivity index (χ3n) is 2.79. The van der Waals surface area contributed by atoms with E-state index in [2.05, 4.69) is 10.1 Å². The molecule has 0 atom stereocenters. The molecule has 21 heavy (non-hydrogen) atoms. The van der Waals surface area contributed by atoms with Gasteiger partial charge in [-0.2, -0.15) is 4.98 Å². The summed E-state index contributed by atoms with van der Waals surface area (Å²) in [5, 5.41) is 12.1. The molecule has 0 fully saturated rings. The molecule has 0 aliphatic carbocycles. The van der Waals surface area contributed by atoms with E-state index in [1.165, 1.54) is 12.1 Å². The molecule has 1 N–H and O–H groups in total. The first-order valence-corrected chi connectivity index (χ1v) is 7.85. The van der Waals surface area contributed by atoms with Gasteiger partial charge in [0.05, 0.1) is 4.90 Å². The van der Waals surface area contributed by atoms with Crippen LogP contribution < -0.4 is 0 Å². The Morgan fingerprint density at radius 1 is 1.29 bits per heavy atom. The lowest BCUT2D eigenvalue weighted by Gasteiger charge is -2.03. The lowest BCUT2D eigenvalue weighted by atomic mass is 10.1. The zero-order valence-electron chi connectivity index (χ0n) is 11.3. The predicted molar refractivity (Wildman–Crippen MR) is 72.3 cm³/mol. The first-order chi connectivity index (χ1) is 9.87. The molecule has 112 valence electrons. The maximum Gasteiger partial charge on any atom is 0.303 e. The Bertz CT molecular complexity index is 734. The molecule has 1 aromatic carbocycles. The van der Waals surface area contributed by atoms with Crippen LogP contribution in [0.25, 0.3) is 0 Å². The van der Waals surface area contributed by atoms with Gasteiger partial charge in [-0.25, -0.2) is 8.42 Å². The van der Waals surface area contributed by atoms with E-state index in [0.717, 1.165) is 5.56 Å². The second-order valence-corrected chi connectivity index (χ2v) is 6.52. The number of benzene rings is 1. The molecule has 0 aliphatic heterocycles. The molecular formula is C13H14N2O5S. The topological polar surface area (TPSA) is 110 Å². The number of hydrogen-bond donors (Lipinski definition) is 1. The average Bonchev–Trinajstić information content (AvgIpc) is 2.81. The van der Waals surface area contributed by atoms with Crippen LogP contribution in [-0.2, 0) is 26.8 Å². The highest BCUT2D eigenvalue weighted by atomic mass is 32.2. The fourth-order valence-electron chi connectivity index (χ4n) is 1.76. The van der Waals surface area contributed by atoms with Gasteiger partial charge in [0.15, 0.2) is 15.7 Å². The molecule has 7 nitrogen and oxygen atoms in total. The van der Waals surface area contributed by atoms with E-state index < -0.39 is 15.8 Å². The van der Waals surface area contributed by atoms with E-state index in [-0.39, 0.29) is 23.0 Å². The molecule has 0 unspecified atom stereocenters. The lowest BCUT2D eigenvalue weighted by Crippen LogP contribution is -2.05. The number of aryl methyl sites for hydroxylation is 2. The molecule has 1 aromatic heterocycles. The normalized spacial score (nSPS) is 11.5. The second-order valence-electron chi connectivity index (χ2n) is 4.53. The van der Waals surface area contributed by atoms with Crippen LogP contribution in [0.5, 0.6) is 0 Å². The first kappa shape index (κ1) is 15.2. The van der Waals surface area contributed by atoms with Gasteiger partial charge in [0.25, 0.3) is 0 Å². The lowest BCUT2D eigenvalue weighted by molar-refractivity contribution is -0.136. The van der Waals surface area contributed by atoms with Gasteiger partial charge in [0.1, 0.15) is 5.75 Å². The van der Waals surface area contributed by atoms with Gasteiger partial charge < -0.3 is 9.63 Å². The van der Waals surface area contributed by atoms with E-state index in [0.29, 0.717) is 12.2 Å². The van der Waals surface area contributed by atoms with Crippen LogP contribution in [0.15, 0.2) is 33.7 Å². The summed E-state index contributed by atoms with van der Waals surface area (Å²) in [6, 6.07) is 6.12.